The van der Waals surface area contributed by atoms with E-state index in [0.717, 1.165) is 0 Å². The molecule has 0 saturated carbocycles. The summed E-state index contributed by atoms with van der Waals surface area (Å²) >= 11 is 0. The Hall–Kier alpha value is -4.21. The van der Waals surface area contributed by atoms with Crippen molar-refractivity contribution in [1.82, 2.24) is 39.9 Å². The first-order valence-corrected chi connectivity index (χ1v) is 14.2. The molecule has 0 bridgehead atoms. The van der Waals surface area contributed by atoms with Crippen molar-refractivity contribution in [1.29, 1.82) is 0 Å². The Kier molecular flexibility index (Phi) is 10.4. The summed E-state index contributed by atoms with van der Waals surface area (Å²) < 4.78 is 36.4. The van der Waals surface area contributed by atoms with Gasteiger partial charge >= 0.3 is 23.5 Å². The third-order valence-electron chi connectivity index (χ3n) is 3.68. The van der Waals surface area contributed by atoms with Crippen molar-refractivity contribution in [3.8, 4) is 0 Å². The molecule has 4 aromatic heterocycles. The molecule has 4 rings (SSSR count). The zero-order chi connectivity index (χ0) is 31.2. The number of nitrogens with zero attached hydrogens (tertiary/aromatic N) is 6. The molecule has 4 aromatic rings. The van der Waals surface area contributed by atoms with Crippen LogP contribution in [0.4, 0.5) is 11.6 Å². The minimum atomic E-state index is -5.46. The van der Waals surface area contributed by atoms with Crippen molar-refractivity contribution >= 4 is 82.6 Å². The van der Waals surface area contributed by atoms with Crippen LogP contribution in [0.1, 0.15) is 42.5 Å². The molecule has 24 nitrogen and oxygen atoms in total. The highest BCUT2D eigenvalue weighted by molar-refractivity contribution is 7.66. The van der Waals surface area contributed by atoms with Crippen LogP contribution in [0.3, 0.4) is 0 Å². The Labute approximate surface area is 223 Å². The number of hydrogen-bond donors (Lipinski definition) is 9. The summed E-state index contributed by atoms with van der Waals surface area (Å²) in [6.07, 6.45) is 1.99. The molecule has 220 valence electrons. The first kappa shape index (κ1) is 33.0. The number of nitrogens with two attached hydrogens (primary N) is 2. The van der Waals surface area contributed by atoms with Crippen molar-refractivity contribution in [2.45, 2.75) is 0 Å². The lowest BCUT2D eigenvalue weighted by molar-refractivity contribution is 0.110. The van der Waals surface area contributed by atoms with Crippen molar-refractivity contribution < 1.29 is 66.0 Å². The van der Waals surface area contributed by atoms with E-state index < -0.39 is 23.5 Å². The van der Waals surface area contributed by atoms with Gasteiger partial charge in [-0.25, -0.2) is 43.6 Å². The summed E-state index contributed by atoms with van der Waals surface area (Å²) in [4.78, 5) is 109. The van der Waals surface area contributed by atoms with Gasteiger partial charge in [0.2, 0.25) is 0 Å². The third kappa shape index (κ3) is 10.0. The lowest BCUT2D eigenvalue weighted by Crippen LogP contribution is -1.99. The molecule has 0 radical (unpaired) electrons. The number of imidazole rings is 2. The quantitative estimate of drug-likeness (QED) is 0.0775. The van der Waals surface area contributed by atoms with Gasteiger partial charge in [-0.15, -0.1) is 0 Å². The van der Waals surface area contributed by atoms with E-state index in [9.17, 15) is 32.9 Å². The summed E-state index contributed by atoms with van der Waals surface area (Å²) in [5.41, 5.74) is 12.1. The minimum Gasteiger partial charge on any atom is -0.382 e. The van der Waals surface area contributed by atoms with Crippen LogP contribution in [0.25, 0.3) is 22.3 Å². The number of phosphoric acid groups is 3. The highest BCUT2D eigenvalue weighted by Gasteiger charge is 2.38. The molecule has 0 aliphatic heterocycles. The lowest BCUT2D eigenvalue weighted by atomic mass is 10.5. The fourth-order valence-electron chi connectivity index (χ4n) is 2.41. The first-order valence-electron chi connectivity index (χ1n) is 9.64. The van der Waals surface area contributed by atoms with Crippen LogP contribution in [-0.2, 0) is 22.3 Å². The van der Waals surface area contributed by atoms with Crippen molar-refractivity contribution in [3.63, 3.8) is 0 Å². The molecule has 0 unspecified atom stereocenters. The summed E-state index contributed by atoms with van der Waals surface area (Å²) in [6.45, 7) is 0. The number of aromatic nitrogens is 8. The predicted octanol–water partition coefficient (Wildman–Crippen LogP) is -1.57. The van der Waals surface area contributed by atoms with E-state index in [1.165, 1.54) is 0 Å². The normalized spacial score (nSPS) is 11.6. The highest BCUT2D eigenvalue weighted by atomic mass is 31.3. The Morgan fingerprint density at radius 2 is 0.927 bits per heavy atom. The summed E-state index contributed by atoms with van der Waals surface area (Å²) in [5.74, 6) is 0.279. The van der Waals surface area contributed by atoms with Gasteiger partial charge in [-0.2, -0.15) is 8.62 Å². The fourth-order valence-corrected chi connectivity index (χ4v) is 4.95. The van der Waals surface area contributed by atoms with E-state index in [4.69, 9.17) is 35.9 Å². The molecule has 0 fully saturated rings. The van der Waals surface area contributed by atoms with Gasteiger partial charge in [0.05, 0.1) is 0 Å². The summed E-state index contributed by atoms with van der Waals surface area (Å²) in [5, 5.41) is 0. The smallest absolute Gasteiger partial charge is 0.382 e. The average Bonchev–Trinajstić information content (AvgIpc) is 3.46. The number of nitrogen functional groups attached to an aromatic ring is 2. The second-order valence-electron chi connectivity index (χ2n) is 6.66. The Morgan fingerprint density at radius 1 is 0.585 bits per heavy atom. The van der Waals surface area contributed by atoms with Crippen LogP contribution < -0.4 is 11.5 Å². The second kappa shape index (κ2) is 13.0. The molecule has 0 saturated heterocycles. The molecule has 4 heterocycles. The van der Waals surface area contributed by atoms with Crippen LogP contribution in [0.2, 0.25) is 0 Å². The molecule has 0 aliphatic carbocycles. The maximum absolute atomic E-state index is 10.4. The molecule has 0 amide bonds. The standard InChI is InChI=1S/2C7H5N5O2.H5O10P3/c2*8-6-5-7(11-3(1-13)9-5)12-4(2-14)10-6;1-11(2,3)9-13(7,8)10-12(4,5)6/h2*1-2H,(H3,8,9,10,11,12);(H,7,8)(H2,1,2,3)(H2,4,5,6). The van der Waals surface area contributed by atoms with E-state index >= 15 is 0 Å². The molecule has 0 aromatic carbocycles. The van der Waals surface area contributed by atoms with Gasteiger partial charge in [0.15, 0.2) is 71.4 Å². The number of carbonyl (C=O) groups excluding carboxylic acids is 4. The molecule has 0 atom stereocenters. The molecular formula is C14H15N10O14P3. The fraction of sp³-hybridized carbons (Fsp3) is 0. The number of aldehydes is 4. The molecule has 0 aliphatic rings. The highest BCUT2D eigenvalue weighted by Crippen LogP contribution is 2.64. The number of H-pyrrole nitrogens is 2. The zero-order valence-electron chi connectivity index (χ0n) is 19.4. The van der Waals surface area contributed by atoms with Crippen LogP contribution >= 0.6 is 23.5 Å². The summed E-state index contributed by atoms with van der Waals surface area (Å²) in [7, 11) is -16.2. The van der Waals surface area contributed by atoms with Gasteiger partial charge < -0.3 is 45.9 Å². The number of aromatic amines is 2. The van der Waals surface area contributed by atoms with Gasteiger partial charge in [-0.1, -0.05) is 0 Å². The summed E-state index contributed by atoms with van der Waals surface area (Å²) in [6, 6.07) is 0. The maximum Gasteiger partial charge on any atom is 0.490 e. The molecule has 27 heteroatoms. The Balaban J connectivity index is 0.000000216. The second-order valence-corrected chi connectivity index (χ2v) is 10.9. The number of carbonyl (C=O) groups is 4. The van der Waals surface area contributed by atoms with E-state index in [2.05, 4.69) is 48.5 Å². The molecule has 0 spiro atoms. The van der Waals surface area contributed by atoms with Crippen molar-refractivity contribution in [3.05, 3.63) is 23.3 Å². The lowest BCUT2D eigenvalue weighted by Gasteiger charge is -2.11. The van der Waals surface area contributed by atoms with Gasteiger partial charge in [-0.3, -0.25) is 19.2 Å². The van der Waals surface area contributed by atoms with Gasteiger partial charge in [0.1, 0.15) is 11.0 Å². The first-order chi connectivity index (χ1) is 18.9. The average molecular weight is 640 g/mol. The van der Waals surface area contributed by atoms with E-state index in [0.29, 0.717) is 36.2 Å². The van der Waals surface area contributed by atoms with Crippen LogP contribution in [0.15, 0.2) is 0 Å². The molecular weight excluding hydrogens is 625 g/mol. The minimum absolute atomic E-state index is 0.0565. The number of fused-ring (bicyclic) bond motifs is 2. The van der Waals surface area contributed by atoms with Crippen LogP contribution in [0.5, 0.6) is 0 Å². The monoisotopic (exact) mass is 640 g/mol. The predicted molar refractivity (Wildman–Crippen MR) is 130 cm³/mol. The van der Waals surface area contributed by atoms with Crippen LogP contribution in [0, 0.1) is 0 Å². The number of nitrogens with one attached hydrogen (secondary N) is 2. The molecule has 11 N–H and O–H groups in total. The van der Waals surface area contributed by atoms with Gasteiger partial charge in [0, 0.05) is 0 Å². The largest absolute Gasteiger partial charge is 0.490 e. The van der Waals surface area contributed by atoms with Gasteiger partial charge in [0.25, 0.3) is 0 Å². The van der Waals surface area contributed by atoms with Crippen molar-refractivity contribution in [2.24, 2.45) is 0 Å². The Bertz CT molecular complexity index is 1640. The topological polar surface area (TPSA) is 400 Å². The zero-order valence-corrected chi connectivity index (χ0v) is 22.1. The number of hydrogen-bond acceptors (Lipinski definition) is 17. The van der Waals surface area contributed by atoms with E-state index in [1.54, 1.807) is 0 Å². The Morgan fingerprint density at radius 3 is 1.20 bits per heavy atom. The van der Waals surface area contributed by atoms with Crippen molar-refractivity contribution in [2.75, 3.05) is 11.5 Å². The maximum atomic E-state index is 10.4. The van der Waals surface area contributed by atoms with E-state index in [1.807, 2.05) is 0 Å². The number of rotatable bonds is 8. The third-order valence-corrected chi connectivity index (χ3v) is 7.04. The SMILES string of the molecule is Nc1nc(C=O)nc2nc(C=O)[nH]c12.Nc1nc(C=O)nc2nc(C=O)[nH]c12.O=P(O)(O)OP(=O)(O)OP(=O)(O)O. The van der Waals surface area contributed by atoms with Gasteiger partial charge in [-0.05, 0) is 0 Å². The molecule has 41 heavy (non-hydrogen) atoms. The van der Waals surface area contributed by atoms with Crippen LogP contribution in [-0.4, -0.2) is 89.5 Å². The van der Waals surface area contributed by atoms with E-state index in [-0.39, 0.29) is 46.2 Å². The number of anilines is 2.